The van der Waals surface area contributed by atoms with Crippen LogP contribution in [0.4, 0.5) is 5.69 Å². The molecule has 0 radical (unpaired) electrons. The average Bonchev–Trinajstić information content (AvgIpc) is 2.58. The van der Waals surface area contributed by atoms with Gasteiger partial charge in [0.2, 0.25) is 5.91 Å². The van der Waals surface area contributed by atoms with Crippen LogP contribution in [0.25, 0.3) is 0 Å². The van der Waals surface area contributed by atoms with Gasteiger partial charge in [0.1, 0.15) is 0 Å². The van der Waals surface area contributed by atoms with Gasteiger partial charge in [0.05, 0.1) is 6.04 Å². The summed E-state index contributed by atoms with van der Waals surface area (Å²) in [6.07, 6.45) is 1.43. The van der Waals surface area contributed by atoms with Gasteiger partial charge in [-0.05, 0) is 36.6 Å². The van der Waals surface area contributed by atoms with E-state index in [9.17, 15) is 4.79 Å². The SMILES string of the molecule is Cc1cc(Br)cc([C@@H]2CCC(=O)N2)c1N. The van der Waals surface area contributed by atoms with Gasteiger partial charge in [0.15, 0.2) is 0 Å². The van der Waals surface area contributed by atoms with Crippen LogP contribution in [0, 0.1) is 6.92 Å². The third-order valence-corrected chi connectivity index (χ3v) is 3.21. The van der Waals surface area contributed by atoms with Crippen molar-refractivity contribution < 1.29 is 4.79 Å². The lowest BCUT2D eigenvalue weighted by atomic mass is 10.0. The molecule has 0 unspecified atom stereocenters. The molecule has 0 saturated carbocycles. The van der Waals surface area contributed by atoms with Crippen molar-refractivity contribution in [3.8, 4) is 0 Å². The Kier molecular flexibility index (Phi) is 2.69. The summed E-state index contributed by atoms with van der Waals surface area (Å²) in [5.74, 6) is 0.108. The molecule has 1 aliphatic heterocycles. The highest BCUT2D eigenvalue weighted by Crippen LogP contribution is 2.32. The second kappa shape index (κ2) is 3.85. The van der Waals surface area contributed by atoms with Crippen LogP contribution in [-0.4, -0.2) is 5.91 Å². The van der Waals surface area contributed by atoms with E-state index in [2.05, 4.69) is 21.2 Å². The Labute approximate surface area is 97.2 Å². The first-order valence-electron chi connectivity index (χ1n) is 4.93. The Balaban J connectivity index is 2.39. The smallest absolute Gasteiger partial charge is 0.220 e. The molecule has 1 aromatic carbocycles. The summed E-state index contributed by atoms with van der Waals surface area (Å²) in [7, 11) is 0. The fourth-order valence-electron chi connectivity index (χ4n) is 1.92. The lowest BCUT2D eigenvalue weighted by Gasteiger charge is -2.15. The van der Waals surface area contributed by atoms with Crippen LogP contribution in [0.2, 0.25) is 0 Å². The van der Waals surface area contributed by atoms with E-state index in [-0.39, 0.29) is 11.9 Å². The van der Waals surface area contributed by atoms with E-state index >= 15 is 0 Å². The zero-order valence-corrected chi connectivity index (χ0v) is 10.1. The minimum Gasteiger partial charge on any atom is -0.398 e. The Bertz CT molecular complexity index is 417. The molecule has 1 saturated heterocycles. The number of anilines is 1. The number of nitrogens with two attached hydrogens (primary N) is 1. The molecule has 2 rings (SSSR count). The Morgan fingerprint density at radius 1 is 1.53 bits per heavy atom. The summed E-state index contributed by atoms with van der Waals surface area (Å²) in [5.41, 5.74) is 8.85. The lowest BCUT2D eigenvalue weighted by molar-refractivity contribution is -0.119. The summed E-state index contributed by atoms with van der Waals surface area (Å²) >= 11 is 3.44. The van der Waals surface area contributed by atoms with Gasteiger partial charge in [-0.3, -0.25) is 4.79 Å². The summed E-state index contributed by atoms with van der Waals surface area (Å²) in [4.78, 5) is 11.1. The second-order valence-corrected chi connectivity index (χ2v) is 4.80. The van der Waals surface area contributed by atoms with Gasteiger partial charge in [-0.1, -0.05) is 15.9 Å². The maximum Gasteiger partial charge on any atom is 0.220 e. The van der Waals surface area contributed by atoms with Crippen LogP contribution in [0.3, 0.4) is 0 Å². The van der Waals surface area contributed by atoms with Gasteiger partial charge in [-0.15, -0.1) is 0 Å². The number of nitrogen functional groups attached to an aromatic ring is 1. The lowest BCUT2D eigenvalue weighted by Crippen LogP contribution is -2.19. The minimum absolute atomic E-state index is 0.0775. The number of benzene rings is 1. The quantitative estimate of drug-likeness (QED) is 0.768. The number of hydrogen-bond donors (Lipinski definition) is 2. The second-order valence-electron chi connectivity index (χ2n) is 3.88. The normalized spacial score (nSPS) is 20.4. The van der Waals surface area contributed by atoms with Crippen molar-refractivity contribution in [2.75, 3.05) is 5.73 Å². The van der Waals surface area contributed by atoms with Gasteiger partial charge in [-0.2, -0.15) is 0 Å². The molecular weight excluding hydrogens is 256 g/mol. The number of carbonyl (C=O) groups excluding carboxylic acids is 1. The van der Waals surface area contributed by atoms with Crippen molar-refractivity contribution in [2.24, 2.45) is 0 Å². The first kappa shape index (κ1) is 10.5. The maximum atomic E-state index is 11.1. The van der Waals surface area contributed by atoms with E-state index < -0.39 is 0 Å². The average molecular weight is 269 g/mol. The number of hydrogen-bond acceptors (Lipinski definition) is 2. The molecule has 4 heteroatoms. The van der Waals surface area contributed by atoms with E-state index in [1.54, 1.807) is 0 Å². The van der Waals surface area contributed by atoms with Gasteiger partial charge in [-0.25, -0.2) is 0 Å². The molecule has 0 bridgehead atoms. The predicted octanol–water partition coefficient (Wildman–Crippen LogP) is 2.29. The van der Waals surface area contributed by atoms with Crippen molar-refractivity contribution in [3.05, 3.63) is 27.7 Å². The van der Waals surface area contributed by atoms with Crippen molar-refractivity contribution in [2.45, 2.75) is 25.8 Å². The van der Waals surface area contributed by atoms with Gasteiger partial charge in [0.25, 0.3) is 0 Å². The van der Waals surface area contributed by atoms with E-state index in [1.807, 2.05) is 19.1 Å². The van der Waals surface area contributed by atoms with E-state index in [0.717, 1.165) is 27.7 Å². The van der Waals surface area contributed by atoms with E-state index in [1.165, 1.54) is 0 Å². The molecular formula is C11H13BrN2O. The Hall–Kier alpha value is -1.03. The molecule has 1 fully saturated rings. The number of carbonyl (C=O) groups is 1. The van der Waals surface area contributed by atoms with Crippen LogP contribution < -0.4 is 11.1 Å². The molecule has 15 heavy (non-hydrogen) atoms. The molecule has 1 aliphatic rings. The Morgan fingerprint density at radius 3 is 2.87 bits per heavy atom. The monoisotopic (exact) mass is 268 g/mol. The highest BCUT2D eigenvalue weighted by atomic mass is 79.9. The van der Waals surface area contributed by atoms with Gasteiger partial charge < -0.3 is 11.1 Å². The van der Waals surface area contributed by atoms with Crippen LogP contribution in [0.5, 0.6) is 0 Å². The summed E-state index contributed by atoms with van der Waals surface area (Å²) in [6.45, 7) is 1.97. The molecule has 0 aliphatic carbocycles. The molecule has 0 aromatic heterocycles. The number of halogens is 1. The van der Waals surface area contributed by atoms with Crippen LogP contribution >= 0.6 is 15.9 Å². The predicted molar refractivity (Wildman–Crippen MR) is 63.4 cm³/mol. The van der Waals surface area contributed by atoms with Crippen molar-refractivity contribution in [1.82, 2.24) is 5.32 Å². The first-order valence-corrected chi connectivity index (χ1v) is 5.72. The van der Waals surface area contributed by atoms with Crippen molar-refractivity contribution in [1.29, 1.82) is 0 Å². The van der Waals surface area contributed by atoms with Crippen LogP contribution in [0.1, 0.15) is 30.0 Å². The first-order chi connectivity index (χ1) is 7.08. The summed E-state index contributed by atoms with van der Waals surface area (Å²) < 4.78 is 1.00. The Morgan fingerprint density at radius 2 is 2.27 bits per heavy atom. The zero-order chi connectivity index (χ0) is 11.0. The maximum absolute atomic E-state index is 11.1. The number of aryl methyl sites for hydroxylation is 1. The summed E-state index contributed by atoms with van der Waals surface area (Å²) in [5, 5.41) is 2.93. The highest BCUT2D eigenvalue weighted by molar-refractivity contribution is 9.10. The van der Waals surface area contributed by atoms with E-state index in [4.69, 9.17) is 5.73 Å². The number of rotatable bonds is 1. The third kappa shape index (κ3) is 2.00. The fraction of sp³-hybridized carbons (Fsp3) is 0.364. The van der Waals surface area contributed by atoms with Crippen LogP contribution in [0.15, 0.2) is 16.6 Å². The van der Waals surface area contributed by atoms with Crippen molar-refractivity contribution in [3.63, 3.8) is 0 Å². The standard InChI is InChI=1S/C11H13BrN2O/c1-6-4-7(12)5-8(11(6)13)9-2-3-10(15)14-9/h4-5,9H,2-3,13H2,1H3,(H,14,15)/t9-/m0/s1. The third-order valence-electron chi connectivity index (χ3n) is 2.75. The molecule has 3 nitrogen and oxygen atoms in total. The number of nitrogens with one attached hydrogen (secondary N) is 1. The molecule has 80 valence electrons. The van der Waals surface area contributed by atoms with Crippen LogP contribution in [-0.2, 0) is 4.79 Å². The largest absolute Gasteiger partial charge is 0.398 e. The fourth-order valence-corrected chi connectivity index (χ4v) is 2.51. The van der Waals surface area contributed by atoms with Gasteiger partial charge >= 0.3 is 0 Å². The van der Waals surface area contributed by atoms with E-state index in [0.29, 0.717) is 6.42 Å². The van der Waals surface area contributed by atoms with Crippen molar-refractivity contribution >= 4 is 27.5 Å². The topological polar surface area (TPSA) is 55.1 Å². The highest BCUT2D eigenvalue weighted by Gasteiger charge is 2.24. The zero-order valence-electron chi connectivity index (χ0n) is 8.51. The molecule has 1 amide bonds. The molecule has 1 atom stereocenters. The summed E-state index contributed by atoms with van der Waals surface area (Å²) in [6, 6.07) is 4.04. The number of amides is 1. The molecule has 1 heterocycles. The van der Waals surface area contributed by atoms with Gasteiger partial charge in [0, 0.05) is 16.6 Å². The minimum atomic E-state index is 0.0775. The molecule has 0 spiro atoms. The molecule has 1 aromatic rings. The molecule has 3 N–H and O–H groups in total.